The number of amides is 2. The maximum atomic E-state index is 12.4. The first-order valence-corrected chi connectivity index (χ1v) is 8.16. The fourth-order valence-electron chi connectivity index (χ4n) is 3.14. The van der Waals surface area contributed by atoms with Crippen molar-refractivity contribution in [3.63, 3.8) is 0 Å². The Morgan fingerprint density at radius 1 is 1.00 bits per heavy atom. The molecule has 2 aliphatic heterocycles. The summed E-state index contributed by atoms with van der Waals surface area (Å²) in [4.78, 5) is 28.1. The molecule has 6 nitrogen and oxygen atoms in total. The number of fused-ring (bicyclic) bond motifs is 2. The maximum absolute atomic E-state index is 12.4. The predicted molar refractivity (Wildman–Crippen MR) is 90.7 cm³/mol. The Kier molecular flexibility index (Phi) is 3.89. The monoisotopic (exact) mass is 338 g/mol. The van der Waals surface area contributed by atoms with E-state index in [0.717, 1.165) is 17.1 Å². The first kappa shape index (κ1) is 15.7. The van der Waals surface area contributed by atoms with Gasteiger partial charge in [-0.05, 0) is 36.9 Å². The van der Waals surface area contributed by atoms with Gasteiger partial charge < -0.3 is 14.4 Å². The number of nitrogens with zero attached hydrogens (tertiary/aromatic N) is 2. The summed E-state index contributed by atoms with van der Waals surface area (Å²) in [7, 11) is 1.96. The lowest BCUT2D eigenvalue weighted by Crippen LogP contribution is -2.36. The summed E-state index contributed by atoms with van der Waals surface area (Å²) in [6.45, 7) is 1.92. The highest BCUT2D eigenvalue weighted by atomic mass is 16.7. The molecule has 2 amide bonds. The van der Waals surface area contributed by atoms with Crippen LogP contribution in [0.25, 0.3) is 0 Å². The lowest BCUT2D eigenvalue weighted by molar-refractivity contribution is 0.0640. The normalized spacial score (nSPS) is 15.2. The third-order valence-corrected chi connectivity index (χ3v) is 4.47. The van der Waals surface area contributed by atoms with Crippen LogP contribution >= 0.6 is 0 Å². The van der Waals surface area contributed by atoms with E-state index in [9.17, 15) is 9.59 Å². The van der Waals surface area contributed by atoms with Gasteiger partial charge in [0.2, 0.25) is 6.79 Å². The molecule has 0 aromatic heterocycles. The zero-order valence-corrected chi connectivity index (χ0v) is 13.9. The van der Waals surface area contributed by atoms with Gasteiger partial charge in [-0.25, -0.2) is 0 Å². The van der Waals surface area contributed by atoms with E-state index >= 15 is 0 Å². The molecule has 0 unspecified atom stereocenters. The van der Waals surface area contributed by atoms with Gasteiger partial charge in [0.1, 0.15) is 0 Å². The third-order valence-electron chi connectivity index (χ3n) is 4.47. The van der Waals surface area contributed by atoms with Gasteiger partial charge in [-0.2, -0.15) is 0 Å². The maximum Gasteiger partial charge on any atom is 0.261 e. The molecule has 2 heterocycles. The summed E-state index contributed by atoms with van der Waals surface area (Å²) in [6.07, 6.45) is 0. The Morgan fingerprint density at radius 3 is 2.40 bits per heavy atom. The molecule has 2 aromatic carbocycles. The molecule has 2 aromatic rings. The summed E-state index contributed by atoms with van der Waals surface area (Å²) in [5, 5.41) is 0. The van der Waals surface area contributed by atoms with E-state index in [0.29, 0.717) is 30.8 Å². The predicted octanol–water partition coefficient (Wildman–Crippen LogP) is 2.14. The highest BCUT2D eigenvalue weighted by Crippen LogP contribution is 2.32. The number of benzene rings is 2. The minimum atomic E-state index is -0.211. The van der Waals surface area contributed by atoms with Crippen LogP contribution in [0.5, 0.6) is 11.5 Å². The van der Waals surface area contributed by atoms with E-state index in [1.807, 2.05) is 25.2 Å². The fourth-order valence-corrected chi connectivity index (χ4v) is 3.14. The van der Waals surface area contributed by atoms with Crippen LogP contribution in [0, 0.1) is 0 Å². The van der Waals surface area contributed by atoms with Gasteiger partial charge in [-0.3, -0.25) is 14.5 Å². The summed E-state index contributed by atoms with van der Waals surface area (Å²) in [6, 6.07) is 12.8. The SMILES string of the molecule is CN(CCN1C(=O)c2ccccc2C1=O)Cc1ccc2c(c1)OCO2. The quantitative estimate of drug-likeness (QED) is 0.782. The average molecular weight is 338 g/mol. The van der Waals surface area contributed by atoms with Crippen molar-refractivity contribution in [3.05, 3.63) is 59.2 Å². The zero-order valence-electron chi connectivity index (χ0n) is 13.9. The van der Waals surface area contributed by atoms with Crippen LogP contribution in [0.15, 0.2) is 42.5 Å². The second kappa shape index (κ2) is 6.22. The Bertz CT molecular complexity index is 814. The fraction of sp³-hybridized carbons (Fsp3) is 0.263. The molecule has 2 aliphatic rings. The van der Waals surface area contributed by atoms with Crippen LogP contribution in [0.2, 0.25) is 0 Å². The van der Waals surface area contributed by atoms with Crippen molar-refractivity contribution in [2.45, 2.75) is 6.54 Å². The van der Waals surface area contributed by atoms with Crippen molar-refractivity contribution in [1.82, 2.24) is 9.80 Å². The lowest BCUT2D eigenvalue weighted by atomic mass is 10.1. The first-order chi connectivity index (χ1) is 12.1. The topological polar surface area (TPSA) is 59.1 Å². The van der Waals surface area contributed by atoms with Crippen LogP contribution in [0.3, 0.4) is 0 Å². The van der Waals surface area contributed by atoms with E-state index < -0.39 is 0 Å². The molecule has 0 atom stereocenters. The lowest BCUT2D eigenvalue weighted by Gasteiger charge is -2.20. The van der Waals surface area contributed by atoms with E-state index in [2.05, 4.69) is 4.90 Å². The minimum Gasteiger partial charge on any atom is -0.454 e. The average Bonchev–Trinajstić information content (AvgIpc) is 3.17. The number of hydrogen-bond acceptors (Lipinski definition) is 5. The Hall–Kier alpha value is -2.86. The second-order valence-corrected chi connectivity index (χ2v) is 6.23. The number of hydrogen-bond donors (Lipinski definition) is 0. The molecule has 0 radical (unpaired) electrons. The third kappa shape index (κ3) is 2.85. The van der Waals surface area contributed by atoms with Crippen LogP contribution in [-0.2, 0) is 6.54 Å². The van der Waals surface area contributed by atoms with Crippen molar-refractivity contribution in [3.8, 4) is 11.5 Å². The van der Waals surface area contributed by atoms with Gasteiger partial charge in [-0.15, -0.1) is 0 Å². The van der Waals surface area contributed by atoms with Gasteiger partial charge in [-0.1, -0.05) is 18.2 Å². The number of carbonyl (C=O) groups excluding carboxylic acids is 2. The van der Waals surface area contributed by atoms with Crippen molar-refractivity contribution < 1.29 is 19.1 Å². The van der Waals surface area contributed by atoms with Crippen molar-refractivity contribution >= 4 is 11.8 Å². The second-order valence-electron chi connectivity index (χ2n) is 6.23. The van der Waals surface area contributed by atoms with Gasteiger partial charge in [0.05, 0.1) is 11.1 Å². The molecule has 4 rings (SSSR count). The molecule has 0 saturated carbocycles. The van der Waals surface area contributed by atoms with Crippen LogP contribution in [0.4, 0.5) is 0 Å². The Labute approximate surface area is 145 Å². The number of likely N-dealkylation sites (N-methyl/N-ethyl adjacent to an activating group) is 1. The van der Waals surface area contributed by atoms with Crippen LogP contribution < -0.4 is 9.47 Å². The summed E-state index contributed by atoms with van der Waals surface area (Å²) < 4.78 is 10.7. The van der Waals surface area contributed by atoms with Gasteiger partial charge in [0, 0.05) is 19.6 Å². The molecule has 0 N–H and O–H groups in total. The highest BCUT2D eigenvalue weighted by Gasteiger charge is 2.34. The molecular formula is C19H18N2O4. The first-order valence-electron chi connectivity index (χ1n) is 8.16. The van der Waals surface area contributed by atoms with Crippen molar-refractivity contribution in [2.75, 3.05) is 26.9 Å². The van der Waals surface area contributed by atoms with E-state index in [4.69, 9.17) is 9.47 Å². The number of carbonyl (C=O) groups is 2. The Balaban J connectivity index is 1.37. The number of rotatable bonds is 5. The molecule has 0 spiro atoms. The largest absolute Gasteiger partial charge is 0.454 e. The number of imide groups is 1. The van der Waals surface area contributed by atoms with Crippen LogP contribution in [-0.4, -0.2) is 48.5 Å². The molecule has 0 aliphatic carbocycles. The van der Waals surface area contributed by atoms with Crippen LogP contribution in [0.1, 0.15) is 26.3 Å². The zero-order chi connectivity index (χ0) is 17.4. The van der Waals surface area contributed by atoms with Crippen molar-refractivity contribution in [2.24, 2.45) is 0 Å². The van der Waals surface area contributed by atoms with E-state index in [1.165, 1.54) is 4.90 Å². The summed E-state index contributed by atoms with van der Waals surface area (Å²) >= 11 is 0. The highest BCUT2D eigenvalue weighted by molar-refractivity contribution is 6.21. The van der Waals surface area contributed by atoms with Crippen molar-refractivity contribution in [1.29, 1.82) is 0 Å². The molecule has 0 bridgehead atoms. The molecule has 25 heavy (non-hydrogen) atoms. The standard InChI is InChI=1S/C19H18N2O4/c1-20(11-13-6-7-16-17(10-13)25-12-24-16)8-9-21-18(22)14-4-2-3-5-15(14)19(21)23/h2-7,10H,8-9,11-12H2,1H3. The van der Waals surface area contributed by atoms with E-state index in [-0.39, 0.29) is 18.6 Å². The summed E-state index contributed by atoms with van der Waals surface area (Å²) in [5.41, 5.74) is 2.07. The van der Waals surface area contributed by atoms with E-state index in [1.54, 1.807) is 24.3 Å². The molecule has 128 valence electrons. The molecule has 0 saturated heterocycles. The minimum absolute atomic E-state index is 0.211. The van der Waals surface area contributed by atoms with Gasteiger partial charge >= 0.3 is 0 Å². The number of ether oxygens (including phenoxy) is 2. The van der Waals surface area contributed by atoms with Gasteiger partial charge in [0.25, 0.3) is 11.8 Å². The molecular weight excluding hydrogens is 320 g/mol. The molecule has 6 heteroatoms. The Morgan fingerprint density at radius 2 is 1.68 bits per heavy atom. The summed E-state index contributed by atoms with van der Waals surface area (Å²) in [5.74, 6) is 1.10. The van der Waals surface area contributed by atoms with Gasteiger partial charge in [0.15, 0.2) is 11.5 Å². The molecule has 0 fully saturated rings. The smallest absolute Gasteiger partial charge is 0.261 e.